The van der Waals surface area contributed by atoms with Crippen LogP contribution < -0.4 is 0 Å². The summed E-state index contributed by atoms with van der Waals surface area (Å²) in [4.78, 5) is 0. The third kappa shape index (κ3) is 1.09. The molecule has 0 amide bonds. The molecule has 64 valence electrons. The second-order valence-electron chi connectivity index (χ2n) is 2.95. The topological polar surface area (TPSA) is 28.7 Å². The Morgan fingerprint density at radius 2 is 2.23 bits per heavy atom. The minimum Gasteiger partial charge on any atom is -0.348 e. The van der Waals surface area contributed by atoms with Gasteiger partial charge >= 0.3 is 0 Å². The van der Waals surface area contributed by atoms with Crippen molar-refractivity contribution in [1.29, 1.82) is 5.26 Å². The highest BCUT2D eigenvalue weighted by molar-refractivity contribution is 5.85. The zero-order valence-corrected chi connectivity index (χ0v) is 7.49. The van der Waals surface area contributed by atoms with Crippen molar-refractivity contribution in [2.75, 3.05) is 0 Å². The van der Waals surface area contributed by atoms with Gasteiger partial charge in [-0.3, -0.25) is 0 Å². The Labute approximate surface area is 77.0 Å². The molecule has 2 heteroatoms. The number of aryl methyl sites for hydroxylation is 1. The smallest absolute Gasteiger partial charge is 0.0998 e. The normalized spacial score (nSPS) is 10.2. The second kappa shape index (κ2) is 2.95. The Kier molecular flexibility index (Phi) is 1.79. The molecule has 0 aliphatic rings. The number of aromatic nitrogens is 1. The molecule has 0 N–H and O–H groups in total. The predicted octanol–water partition coefficient (Wildman–Crippen LogP) is 2.53. The van der Waals surface area contributed by atoms with Gasteiger partial charge in [-0.15, -0.1) is 0 Å². The lowest BCUT2D eigenvalue weighted by molar-refractivity contribution is 0.797. The summed E-state index contributed by atoms with van der Waals surface area (Å²) in [5.74, 6) is 0. The van der Waals surface area contributed by atoms with Gasteiger partial charge in [0.05, 0.1) is 11.6 Å². The molecule has 1 heterocycles. The molecule has 1 aromatic heterocycles. The molecule has 0 atom stereocenters. The number of hydrogen-bond acceptors (Lipinski definition) is 1. The highest BCUT2D eigenvalue weighted by Crippen LogP contribution is 2.19. The van der Waals surface area contributed by atoms with Crippen molar-refractivity contribution < 1.29 is 0 Å². The lowest BCUT2D eigenvalue weighted by atomic mass is 10.1. The van der Waals surface area contributed by atoms with E-state index in [0.29, 0.717) is 0 Å². The van der Waals surface area contributed by atoms with Crippen molar-refractivity contribution in [3.63, 3.8) is 0 Å². The first-order valence-corrected chi connectivity index (χ1v) is 4.34. The van der Waals surface area contributed by atoms with Crippen molar-refractivity contribution in [3.8, 4) is 6.07 Å². The number of nitrogens with zero attached hydrogens (tertiary/aromatic N) is 2. The fourth-order valence-corrected chi connectivity index (χ4v) is 1.60. The predicted molar refractivity (Wildman–Crippen MR) is 52.3 cm³/mol. The van der Waals surface area contributed by atoms with Crippen molar-refractivity contribution in [2.45, 2.75) is 13.5 Å². The standard InChI is InChI=1S/C11H10N2/c1-2-13-7-6-10-9(8-12)4-3-5-11(10)13/h3-7H,2H2,1H3. The number of nitriles is 1. The molecule has 0 aliphatic carbocycles. The zero-order valence-electron chi connectivity index (χ0n) is 7.49. The van der Waals surface area contributed by atoms with Crippen LogP contribution in [0, 0.1) is 11.3 Å². The average Bonchev–Trinajstić information content (AvgIpc) is 2.60. The number of benzene rings is 1. The van der Waals surface area contributed by atoms with Crippen LogP contribution in [-0.2, 0) is 6.54 Å². The van der Waals surface area contributed by atoms with Gasteiger partial charge in [-0.1, -0.05) is 6.07 Å². The van der Waals surface area contributed by atoms with E-state index in [0.717, 1.165) is 23.0 Å². The minimum absolute atomic E-state index is 0.754. The van der Waals surface area contributed by atoms with E-state index < -0.39 is 0 Å². The van der Waals surface area contributed by atoms with E-state index in [2.05, 4.69) is 17.6 Å². The summed E-state index contributed by atoms with van der Waals surface area (Å²) in [5, 5.41) is 9.91. The highest BCUT2D eigenvalue weighted by atomic mass is 14.9. The third-order valence-electron chi connectivity index (χ3n) is 2.27. The molecule has 13 heavy (non-hydrogen) atoms. The lowest BCUT2D eigenvalue weighted by Crippen LogP contribution is -1.90. The van der Waals surface area contributed by atoms with Gasteiger partial charge in [-0.05, 0) is 25.1 Å². The van der Waals surface area contributed by atoms with E-state index in [4.69, 9.17) is 5.26 Å². The summed E-state index contributed by atoms with van der Waals surface area (Å²) in [7, 11) is 0. The molecular weight excluding hydrogens is 160 g/mol. The molecule has 0 fully saturated rings. The largest absolute Gasteiger partial charge is 0.348 e. The van der Waals surface area contributed by atoms with Crippen LogP contribution in [0.2, 0.25) is 0 Å². The maximum Gasteiger partial charge on any atom is 0.0998 e. The molecule has 2 aromatic rings. The molecule has 1 aromatic carbocycles. The molecular formula is C11H10N2. The maximum atomic E-state index is 8.86. The van der Waals surface area contributed by atoms with E-state index in [1.165, 1.54) is 0 Å². The quantitative estimate of drug-likeness (QED) is 0.646. The number of hydrogen-bond donors (Lipinski definition) is 0. The van der Waals surface area contributed by atoms with Gasteiger partial charge < -0.3 is 4.57 Å². The molecule has 0 unspecified atom stereocenters. The Morgan fingerprint density at radius 1 is 1.38 bits per heavy atom. The fourth-order valence-electron chi connectivity index (χ4n) is 1.60. The van der Waals surface area contributed by atoms with Gasteiger partial charge in [0.15, 0.2) is 0 Å². The summed E-state index contributed by atoms with van der Waals surface area (Å²) in [6.45, 7) is 3.04. The molecule has 0 bridgehead atoms. The van der Waals surface area contributed by atoms with Crippen LogP contribution in [-0.4, -0.2) is 4.57 Å². The van der Waals surface area contributed by atoms with Crippen LogP contribution in [0.15, 0.2) is 30.5 Å². The third-order valence-corrected chi connectivity index (χ3v) is 2.27. The molecule has 2 nitrogen and oxygen atoms in total. The SMILES string of the molecule is CCn1ccc2c(C#N)cccc21. The van der Waals surface area contributed by atoms with Crippen LogP contribution in [0.5, 0.6) is 0 Å². The van der Waals surface area contributed by atoms with Gasteiger partial charge in [0.25, 0.3) is 0 Å². The summed E-state index contributed by atoms with van der Waals surface area (Å²) < 4.78 is 2.14. The lowest BCUT2D eigenvalue weighted by Gasteiger charge is -1.99. The molecule has 0 aliphatic heterocycles. The summed E-state index contributed by atoms with van der Waals surface area (Å²) >= 11 is 0. The fraction of sp³-hybridized carbons (Fsp3) is 0.182. The van der Waals surface area contributed by atoms with Crippen molar-refractivity contribution in [3.05, 3.63) is 36.0 Å². The van der Waals surface area contributed by atoms with Crippen LogP contribution in [0.3, 0.4) is 0 Å². The van der Waals surface area contributed by atoms with Crippen LogP contribution >= 0.6 is 0 Å². The average molecular weight is 170 g/mol. The van der Waals surface area contributed by atoms with E-state index in [1.807, 2.05) is 30.5 Å². The second-order valence-corrected chi connectivity index (χ2v) is 2.95. The van der Waals surface area contributed by atoms with E-state index in [-0.39, 0.29) is 0 Å². The molecule has 0 saturated heterocycles. The van der Waals surface area contributed by atoms with Gasteiger partial charge in [0.2, 0.25) is 0 Å². The Hall–Kier alpha value is -1.75. The van der Waals surface area contributed by atoms with Crippen LogP contribution in [0.25, 0.3) is 10.9 Å². The van der Waals surface area contributed by atoms with Crippen molar-refractivity contribution in [2.24, 2.45) is 0 Å². The maximum absolute atomic E-state index is 8.86. The first-order valence-electron chi connectivity index (χ1n) is 4.34. The van der Waals surface area contributed by atoms with Gasteiger partial charge in [0, 0.05) is 23.6 Å². The molecule has 0 spiro atoms. The van der Waals surface area contributed by atoms with E-state index in [1.54, 1.807) is 0 Å². The van der Waals surface area contributed by atoms with E-state index >= 15 is 0 Å². The Bertz CT molecular complexity index is 474. The highest BCUT2D eigenvalue weighted by Gasteiger charge is 2.02. The molecule has 0 saturated carbocycles. The first-order chi connectivity index (χ1) is 6.36. The van der Waals surface area contributed by atoms with Crippen LogP contribution in [0.4, 0.5) is 0 Å². The van der Waals surface area contributed by atoms with Crippen molar-refractivity contribution >= 4 is 10.9 Å². The molecule has 0 radical (unpaired) electrons. The minimum atomic E-state index is 0.754. The summed E-state index contributed by atoms with van der Waals surface area (Å²) in [6, 6.07) is 10.0. The van der Waals surface area contributed by atoms with Crippen LogP contribution in [0.1, 0.15) is 12.5 Å². The van der Waals surface area contributed by atoms with E-state index in [9.17, 15) is 0 Å². The van der Waals surface area contributed by atoms with Gasteiger partial charge in [0.1, 0.15) is 0 Å². The van der Waals surface area contributed by atoms with Gasteiger partial charge in [-0.2, -0.15) is 5.26 Å². The number of rotatable bonds is 1. The molecule has 2 rings (SSSR count). The zero-order chi connectivity index (χ0) is 9.26. The Morgan fingerprint density at radius 3 is 2.92 bits per heavy atom. The monoisotopic (exact) mass is 170 g/mol. The number of fused-ring (bicyclic) bond motifs is 1. The van der Waals surface area contributed by atoms with Gasteiger partial charge in [-0.25, -0.2) is 0 Å². The summed E-state index contributed by atoms with van der Waals surface area (Å²) in [5.41, 5.74) is 1.89. The first kappa shape index (κ1) is 7.88. The Balaban J connectivity index is 2.81. The summed E-state index contributed by atoms with van der Waals surface area (Å²) in [6.07, 6.45) is 2.02. The van der Waals surface area contributed by atoms with Crippen molar-refractivity contribution in [1.82, 2.24) is 4.57 Å².